The van der Waals surface area contributed by atoms with E-state index in [2.05, 4.69) is 25.0 Å². The number of nitrogens with one attached hydrogen (secondary N) is 1. The van der Waals surface area contributed by atoms with Crippen molar-refractivity contribution in [2.75, 3.05) is 19.6 Å². The summed E-state index contributed by atoms with van der Waals surface area (Å²) in [5.41, 5.74) is 1.89. The summed E-state index contributed by atoms with van der Waals surface area (Å²) in [7, 11) is 0. The molecule has 5 rings (SSSR count). The van der Waals surface area contributed by atoms with E-state index in [1.54, 1.807) is 17.4 Å². The predicted molar refractivity (Wildman–Crippen MR) is 116 cm³/mol. The normalized spacial score (nSPS) is 17.7. The molecule has 1 N–H and O–H groups in total. The number of benzene rings is 1. The highest BCUT2D eigenvalue weighted by molar-refractivity contribution is 7.13. The maximum atomic E-state index is 14.2. The van der Waals surface area contributed by atoms with Gasteiger partial charge in [0.05, 0.1) is 6.54 Å². The summed E-state index contributed by atoms with van der Waals surface area (Å²) in [5.74, 6) is 2.58. The number of hydrogen-bond acceptors (Lipinski definition) is 5. The third-order valence-electron chi connectivity index (χ3n) is 5.83. The number of halogens is 2. The van der Waals surface area contributed by atoms with Gasteiger partial charge in [-0.3, -0.25) is 4.90 Å². The van der Waals surface area contributed by atoms with Crippen LogP contribution in [-0.4, -0.2) is 39.3 Å². The Labute approximate surface area is 180 Å². The molecule has 5 nitrogen and oxygen atoms in total. The van der Waals surface area contributed by atoms with Crippen molar-refractivity contribution in [1.82, 2.24) is 25.0 Å². The molecule has 2 aliphatic rings. The predicted octanol–water partition coefficient (Wildman–Crippen LogP) is 4.05. The molecule has 0 radical (unpaired) electrons. The Bertz CT molecular complexity index is 950. The summed E-state index contributed by atoms with van der Waals surface area (Å²) in [6.07, 6.45) is 2.20. The number of fused-ring (bicyclic) bond motifs is 1. The quantitative estimate of drug-likeness (QED) is 0.674. The zero-order valence-electron chi connectivity index (χ0n) is 16.2. The van der Waals surface area contributed by atoms with Crippen LogP contribution in [0.15, 0.2) is 35.7 Å². The van der Waals surface area contributed by atoms with Crippen LogP contribution < -0.4 is 5.32 Å². The number of likely N-dealkylation sites (tertiary alicyclic amines) is 1. The van der Waals surface area contributed by atoms with Gasteiger partial charge >= 0.3 is 0 Å². The zero-order valence-corrected chi connectivity index (χ0v) is 17.8. The van der Waals surface area contributed by atoms with Crippen LogP contribution in [0.25, 0.3) is 10.4 Å². The lowest BCUT2D eigenvalue weighted by atomic mass is 9.95. The topological polar surface area (TPSA) is 46.0 Å². The molecule has 3 aromatic rings. The van der Waals surface area contributed by atoms with Crippen LogP contribution in [0.2, 0.25) is 0 Å². The van der Waals surface area contributed by atoms with Gasteiger partial charge in [0.1, 0.15) is 17.5 Å². The lowest BCUT2D eigenvalue weighted by Gasteiger charge is -2.32. The van der Waals surface area contributed by atoms with Gasteiger partial charge in [0, 0.05) is 36.0 Å². The van der Waals surface area contributed by atoms with Crippen LogP contribution in [-0.2, 0) is 19.6 Å². The first kappa shape index (κ1) is 20.5. The monoisotopic (exact) mass is 433 g/mol. The first-order valence-electron chi connectivity index (χ1n) is 9.95. The fourth-order valence-corrected chi connectivity index (χ4v) is 5.06. The van der Waals surface area contributed by atoms with Crippen LogP contribution >= 0.6 is 23.7 Å². The molecular formula is C21H25ClFN5S. The third kappa shape index (κ3) is 4.23. The smallest absolute Gasteiger partial charge is 0.147 e. The zero-order chi connectivity index (χ0) is 18.9. The first-order valence-corrected chi connectivity index (χ1v) is 10.8. The molecule has 0 aliphatic carbocycles. The van der Waals surface area contributed by atoms with Crippen molar-refractivity contribution in [1.29, 1.82) is 0 Å². The molecule has 29 heavy (non-hydrogen) atoms. The second-order valence-electron chi connectivity index (χ2n) is 7.64. The standard InChI is InChI=1S/C21H24FN5S.ClH/c22-18-4-3-15(12-17(18)19-2-1-11-28-19)14-26-8-5-16(6-9-26)21-25-24-20-13-23-7-10-27(20)21;/h1-4,11-12,16,23H,5-10,13-14H2;1H. The van der Waals surface area contributed by atoms with E-state index in [1.165, 1.54) is 5.56 Å². The summed E-state index contributed by atoms with van der Waals surface area (Å²) < 4.78 is 16.5. The summed E-state index contributed by atoms with van der Waals surface area (Å²) >= 11 is 1.58. The summed E-state index contributed by atoms with van der Waals surface area (Å²) in [6.45, 7) is 5.73. The van der Waals surface area contributed by atoms with Crippen molar-refractivity contribution in [2.45, 2.75) is 38.4 Å². The van der Waals surface area contributed by atoms with Crippen molar-refractivity contribution in [2.24, 2.45) is 0 Å². The van der Waals surface area contributed by atoms with Crippen molar-refractivity contribution >= 4 is 23.7 Å². The highest BCUT2D eigenvalue weighted by Crippen LogP contribution is 2.31. The molecule has 0 unspecified atom stereocenters. The Morgan fingerprint density at radius 1 is 1.14 bits per heavy atom. The number of piperidine rings is 1. The van der Waals surface area contributed by atoms with Gasteiger partial charge < -0.3 is 9.88 Å². The number of nitrogens with zero attached hydrogens (tertiary/aromatic N) is 4. The number of aromatic nitrogens is 3. The van der Waals surface area contributed by atoms with Crippen LogP contribution in [0.1, 0.15) is 36.0 Å². The first-order chi connectivity index (χ1) is 13.8. The molecule has 8 heteroatoms. The average molecular weight is 434 g/mol. The van der Waals surface area contributed by atoms with Crippen molar-refractivity contribution in [3.8, 4) is 10.4 Å². The number of hydrogen-bond donors (Lipinski definition) is 1. The van der Waals surface area contributed by atoms with Gasteiger partial charge in [-0.15, -0.1) is 33.9 Å². The molecular weight excluding hydrogens is 409 g/mol. The highest BCUT2D eigenvalue weighted by atomic mass is 35.5. The molecule has 0 saturated carbocycles. The minimum absolute atomic E-state index is 0. The number of thiophene rings is 1. The molecule has 0 spiro atoms. The molecule has 1 fully saturated rings. The van der Waals surface area contributed by atoms with Crippen LogP contribution in [0.3, 0.4) is 0 Å². The van der Waals surface area contributed by atoms with E-state index >= 15 is 0 Å². The van der Waals surface area contributed by atoms with Gasteiger partial charge in [-0.05, 0) is 55.1 Å². The Morgan fingerprint density at radius 3 is 2.79 bits per heavy atom. The second kappa shape index (κ2) is 8.92. The van der Waals surface area contributed by atoms with Crippen LogP contribution in [0.5, 0.6) is 0 Å². The Kier molecular flexibility index (Phi) is 6.29. The van der Waals surface area contributed by atoms with E-state index < -0.39 is 0 Å². The van der Waals surface area contributed by atoms with Crippen LogP contribution in [0, 0.1) is 5.82 Å². The van der Waals surface area contributed by atoms with E-state index in [4.69, 9.17) is 0 Å². The lowest BCUT2D eigenvalue weighted by molar-refractivity contribution is 0.199. The molecule has 0 bridgehead atoms. The SMILES string of the molecule is Cl.Fc1ccc(CN2CCC(c3nnc4n3CCNC4)CC2)cc1-c1cccs1. The molecule has 0 amide bonds. The van der Waals surface area contributed by atoms with Gasteiger partial charge in [-0.25, -0.2) is 4.39 Å². The average Bonchev–Trinajstić information content (AvgIpc) is 3.40. The van der Waals surface area contributed by atoms with Gasteiger partial charge in [0.15, 0.2) is 0 Å². The van der Waals surface area contributed by atoms with Gasteiger partial charge in [0.25, 0.3) is 0 Å². The minimum Gasteiger partial charge on any atom is -0.312 e. The Hall–Kier alpha value is -1.80. The molecule has 1 aromatic carbocycles. The third-order valence-corrected chi connectivity index (χ3v) is 6.73. The van der Waals surface area contributed by atoms with E-state index in [1.807, 2.05) is 29.6 Å². The maximum Gasteiger partial charge on any atom is 0.147 e. The van der Waals surface area contributed by atoms with Gasteiger partial charge in [-0.2, -0.15) is 0 Å². The molecule has 1 saturated heterocycles. The van der Waals surface area contributed by atoms with Gasteiger partial charge in [0.2, 0.25) is 0 Å². The largest absolute Gasteiger partial charge is 0.312 e. The summed E-state index contributed by atoms with van der Waals surface area (Å²) in [6, 6.07) is 9.48. The van der Waals surface area contributed by atoms with Crippen molar-refractivity contribution < 1.29 is 4.39 Å². The second-order valence-corrected chi connectivity index (χ2v) is 8.59. The van der Waals surface area contributed by atoms with E-state index in [-0.39, 0.29) is 18.2 Å². The minimum atomic E-state index is -0.143. The number of rotatable bonds is 4. The molecule has 2 aromatic heterocycles. The fourth-order valence-electron chi connectivity index (χ4n) is 4.32. The van der Waals surface area contributed by atoms with Gasteiger partial charge in [-0.1, -0.05) is 12.1 Å². The summed E-state index contributed by atoms with van der Waals surface area (Å²) in [4.78, 5) is 3.46. The summed E-state index contributed by atoms with van der Waals surface area (Å²) in [5, 5.41) is 14.2. The Morgan fingerprint density at radius 2 is 2.00 bits per heavy atom. The highest BCUT2D eigenvalue weighted by Gasteiger charge is 2.27. The van der Waals surface area contributed by atoms with E-state index in [9.17, 15) is 4.39 Å². The van der Waals surface area contributed by atoms with Crippen molar-refractivity contribution in [3.05, 3.63) is 58.7 Å². The van der Waals surface area contributed by atoms with Crippen LogP contribution in [0.4, 0.5) is 4.39 Å². The molecule has 154 valence electrons. The molecule has 0 atom stereocenters. The Balaban J connectivity index is 0.00000205. The maximum absolute atomic E-state index is 14.2. The molecule has 2 aliphatic heterocycles. The van der Waals surface area contributed by atoms with E-state index in [0.717, 1.165) is 68.6 Å². The lowest BCUT2D eigenvalue weighted by Crippen LogP contribution is -2.34. The molecule has 4 heterocycles. The van der Waals surface area contributed by atoms with E-state index in [0.29, 0.717) is 11.5 Å². The van der Waals surface area contributed by atoms with Crippen molar-refractivity contribution in [3.63, 3.8) is 0 Å². The fraction of sp³-hybridized carbons (Fsp3) is 0.429.